The van der Waals surface area contributed by atoms with Gasteiger partial charge in [-0.15, -0.1) is 0 Å². The third-order valence-corrected chi connectivity index (χ3v) is 16.6. The summed E-state index contributed by atoms with van der Waals surface area (Å²) in [6.07, 6.45) is 5.23. The molecule has 0 radical (unpaired) electrons. The van der Waals surface area contributed by atoms with Crippen LogP contribution in [0.25, 0.3) is 0 Å². The third kappa shape index (κ3) is 17.7. The van der Waals surface area contributed by atoms with Crippen molar-refractivity contribution in [3.05, 3.63) is 59.2 Å². The lowest BCUT2D eigenvalue weighted by atomic mass is 9.93. The number of hydrogen-bond acceptors (Lipinski definition) is 8. The predicted octanol–water partition coefficient (Wildman–Crippen LogP) is 7.82. The molecule has 4 amide bonds. The van der Waals surface area contributed by atoms with Gasteiger partial charge in [-0.1, -0.05) is 104 Å². The van der Waals surface area contributed by atoms with E-state index in [9.17, 15) is 28.8 Å². The van der Waals surface area contributed by atoms with E-state index >= 15 is 0 Å². The SMILES string of the molecule is C/C=C(\C)[C@@H](O[Si](C)(C)C(C)(C)C)[C@@H](C)CC/C=C(\C)C(=O)O[C@H](CC(C)C)C(=O)N[C@@H](C)C(=O)N(C)[C@H](Cc1ccccc1)C(=O)N(C)CC(=O)N[C@H](C(C)=O)C(C)CC. The molecule has 1 aromatic rings. The standard InChI is InChI=1S/C48H80N4O8Si/c1-18-32(5)42(37(10)53)50-41(54)30-51(14)46(57)39(29-38-26-21-20-22-27-38)52(15)45(56)36(9)49-44(55)40(28-31(3)4)59-47(58)35(8)25-23-24-34(7)43(33(6)19-2)60-61(16,17)48(11,12)13/h19-22,25-27,31-32,34,36,39-40,42-43H,18,23-24,28-30H2,1-17H3,(H,49,55)(H,50,54)/b33-19+,35-25+/t32?,34-,36-,39+,40+,42-,43+/m0/s1. The number of benzene rings is 1. The van der Waals surface area contributed by atoms with Gasteiger partial charge in [-0.25, -0.2) is 4.79 Å². The van der Waals surface area contributed by atoms with Crippen LogP contribution < -0.4 is 10.6 Å². The van der Waals surface area contributed by atoms with Gasteiger partial charge in [-0.2, -0.15) is 0 Å². The van der Waals surface area contributed by atoms with Gasteiger partial charge in [0.25, 0.3) is 5.91 Å². The van der Waals surface area contributed by atoms with E-state index in [2.05, 4.69) is 64.4 Å². The maximum Gasteiger partial charge on any atom is 0.334 e. The van der Waals surface area contributed by atoms with Gasteiger partial charge in [-0.3, -0.25) is 24.0 Å². The van der Waals surface area contributed by atoms with Crippen molar-refractivity contribution < 1.29 is 37.9 Å². The zero-order chi connectivity index (χ0) is 47.0. The molecule has 12 nitrogen and oxygen atoms in total. The molecule has 1 unspecified atom stereocenters. The van der Waals surface area contributed by atoms with E-state index in [1.807, 2.05) is 71.0 Å². The van der Waals surface area contributed by atoms with Crippen LogP contribution in [0.3, 0.4) is 0 Å². The van der Waals surface area contributed by atoms with E-state index in [0.717, 1.165) is 12.0 Å². The highest BCUT2D eigenvalue weighted by atomic mass is 28.4. The van der Waals surface area contributed by atoms with Gasteiger partial charge in [0, 0.05) is 26.1 Å². The van der Waals surface area contributed by atoms with Gasteiger partial charge in [0.05, 0.1) is 18.7 Å². The first-order valence-corrected chi connectivity index (χ1v) is 24.9. The molecule has 2 N–H and O–H groups in total. The number of carbonyl (C=O) groups is 6. The maximum absolute atomic E-state index is 14.0. The van der Waals surface area contributed by atoms with Crippen LogP contribution in [0.5, 0.6) is 0 Å². The van der Waals surface area contributed by atoms with Crippen molar-refractivity contribution in [3.63, 3.8) is 0 Å². The molecule has 0 bridgehead atoms. The van der Waals surface area contributed by atoms with Crippen molar-refractivity contribution in [1.82, 2.24) is 20.4 Å². The number of nitrogens with one attached hydrogen (secondary N) is 2. The molecule has 0 heterocycles. The minimum Gasteiger partial charge on any atom is -0.449 e. The number of ketones is 1. The predicted molar refractivity (Wildman–Crippen MR) is 247 cm³/mol. The molecule has 0 saturated carbocycles. The van der Waals surface area contributed by atoms with Crippen LogP contribution in [0.1, 0.15) is 121 Å². The Kier molecular flexibility index (Phi) is 22.6. The molecule has 7 atom stereocenters. The number of hydrogen-bond donors (Lipinski definition) is 2. The molecule has 0 saturated heterocycles. The summed E-state index contributed by atoms with van der Waals surface area (Å²) in [4.78, 5) is 82.9. The first-order chi connectivity index (χ1) is 28.2. The lowest BCUT2D eigenvalue weighted by Crippen LogP contribution is -2.56. The molecule has 13 heteroatoms. The summed E-state index contributed by atoms with van der Waals surface area (Å²) in [5, 5.41) is 5.55. The van der Waals surface area contributed by atoms with Gasteiger partial charge in [0.1, 0.15) is 12.1 Å². The zero-order valence-corrected chi connectivity index (χ0v) is 41.6. The largest absolute Gasteiger partial charge is 0.449 e. The van der Waals surface area contributed by atoms with Crippen molar-refractivity contribution in [2.75, 3.05) is 20.6 Å². The first-order valence-electron chi connectivity index (χ1n) is 22.0. The van der Waals surface area contributed by atoms with Gasteiger partial charge >= 0.3 is 5.97 Å². The number of rotatable bonds is 24. The van der Waals surface area contributed by atoms with Crippen molar-refractivity contribution >= 4 is 43.7 Å². The molecule has 0 aliphatic carbocycles. The second kappa shape index (κ2) is 25.1. The number of Topliss-reactive ketones (excluding diaryl/α,β-unsaturated/α-hetero) is 1. The number of likely N-dealkylation sites (N-methyl/N-ethyl adjacent to an activating group) is 2. The van der Waals surface area contributed by atoms with Crippen molar-refractivity contribution in [1.29, 1.82) is 0 Å². The van der Waals surface area contributed by atoms with Crippen LogP contribution in [0.15, 0.2) is 53.6 Å². The molecule has 0 aliphatic heterocycles. The van der Waals surface area contributed by atoms with E-state index in [1.54, 1.807) is 6.92 Å². The Labute approximate surface area is 369 Å². The average molecular weight is 869 g/mol. The van der Waals surface area contributed by atoms with Crippen LogP contribution in [-0.2, 0) is 44.4 Å². The lowest BCUT2D eigenvalue weighted by Gasteiger charge is -2.41. The molecule has 1 rings (SSSR count). The van der Waals surface area contributed by atoms with E-state index in [4.69, 9.17) is 9.16 Å². The van der Waals surface area contributed by atoms with Crippen LogP contribution in [-0.4, -0.2) is 104 Å². The fraction of sp³-hybridized carbons (Fsp3) is 0.667. The van der Waals surface area contributed by atoms with E-state index in [-0.39, 0.29) is 54.1 Å². The molecule has 344 valence electrons. The quantitative estimate of drug-likeness (QED) is 0.0462. The monoisotopic (exact) mass is 869 g/mol. The van der Waals surface area contributed by atoms with Crippen LogP contribution in [0, 0.1) is 17.8 Å². The Hall–Kier alpha value is -4.10. The summed E-state index contributed by atoms with van der Waals surface area (Å²) in [7, 11) is 0.926. The second-order valence-electron chi connectivity index (χ2n) is 18.9. The molecule has 0 fully saturated rings. The highest BCUT2D eigenvalue weighted by Gasteiger charge is 2.40. The van der Waals surface area contributed by atoms with Crippen molar-refractivity contribution in [3.8, 4) is 0 Å². The highest BCUT2D eigenvalue weighted by molar-refractivity contribution is 6.74. The molecule has 0 aromatic heterocycles. The number of ether oxygens (including phenoxy) is 1. The highest BCUT2D eigenvalue weighted by Crippen LogP contribution is 2.39. The van der Waals surface area contributed by atoms with Crippen molar-refractivity contribution in [2.24, 2.45) is 17.8 Å². The molecular formula is C48H80N4O8Si. The Morgan fingerprint density at radius 3 is 1.97 bits per heavy atom. The minimum absolute atomic E-state index is 0.00780. The number of amides is 4. The zero-order valence-electron chi connectivity index (χ0n) is 40.6. The topological polar surface area (TPSA) is 151 Å². The minimum atomic E-state index is -2.04. The first kappa shape index (κ1) is 54.9. The fourth-order valence-corrected chi connectivity index (χ4v) is 8.08. The summed E-state index contributed by atoms with van der Waals surface area (Å²) in [5.41, 5.74) is 2.36. The Morgan fingerprint density at radius 1 is 0.869 bits per heavy atom. The van der Waals surface area contributed by atoms with Gasteiger partial charge < -0.3 is 29.6 Å². The Bertz CT molecular complexity index is 1690. The average Bonchev–Trinajstić information content (AvgIpc) is 3.18. The molecular weight excluding hydrogens is 789 g/mol. The van der Waals surface area contributed by atoms with Crippen molar-refractivity contribution in [2.45, 2.75) is 171 Å². The number of allylic oxidation sites excluding steroid dienone is 2. The summed E-state index contributed by atoms with van der Waals surface area (Å²) in [6, 6.07) is 6.40. The van der Waals surface area contributed by atoms with E-state index in [1.165, 1.54) is 43.3 Å². The second-order valence-corrected chi connectivity index (χ2v) is 23.7. The third-order valence-electron chi connectivity index (χ3n) is 12.1. The lowest BCUT2D eigenvalue weighted by molar-refractivity contribution is -0.154. The number of carbonyl (C=O) groups excluding carboxylic acids is 6. The summed E-state index contributed by atoms with van der Waals surface area (Å²) in [5.74, 6) is -2.82. The van der Waals surface area contributed by atoms with E-state index in [0.29, 0.717) is 18.4 Å². The molecule has 0 aliphatic rings. The Morgan fingerprint density at radius 2 is 1.46 bits per heavy atom. The van der Waals surface area contributed by atoms with Gasteiger partial charge in [0.2, 0.25) is 17.7 Å². The Balaban J connectivity index is 3.16. The van der Waals surface area contributed by atoms with Crippen LogP contribution in [0.2, 0.25) is 18.1 Å². The summed E-state index contributed by atoms with van der Waals surface area (Å²) < 4.78 is 12.6. The smallest absolute Gasteiger partial charge is 0.334 e. The number of nitrogens with zero attached hydrogens (tertiary/aromatic N) is 2. The van der Waals surface area contributed by atoms with Gasteiger partial charge in [0.15, 0.2) is 20.2 Å². The molecule has 61 heavy (non-hydrogen) atoms. The normalized spacial score (nSPS) is 16.0. The summed E-state index contributed by atoms with van der Waals surface area (Å²) in [6.45, 7) is 29.4. The maximum atomic E-state index is 14.0. The van der Waals surface area contributed by atoms with Gasteiger partial charge in [-0.05, 0) is 101 Å². The fourth-order valence-electron chi connectivity index (χ4n) is 6.67. The summed E-state index contributed by atoms with van der Waals surface area (Å²) >= 11 is 0. The van der Waals surface area contributed by atoms with Crippen LogP contribution >= 0.6 is 0 Å². The molecule has 0 spiro atoms. The van der Waals surface area contributed by atoms with E-state index < -0.39 is 62.1 Å². The van der Waals surface area contributed by atoms with Crippen LogP contribution in [0.4, 0.5) is 0 Å². The molecule has 1 aromatic carbocycles. The number of esters is 1.